The van der Waals surface area contributed by atoms with Gasteiger partial charge in [0.05, 0.1) is 12.7 Å². The Labute approximate surface area is 73.8 Å². The highest BCUT2D eigenvalue weighted by molar-refractivity contribution is 4.73. The number of hydrogen-bond donors (Lipinski definition) is 3. The first-order valence-corrected chi connectivity index (χ1v) is 4.85. The van der Waals surface area contributed by atoms with Gasteiger partial charge in [0.25, 0.3) is 0 Å². The zero-order valence-corrected chi connectivity index (χ0v) is 7.50. The van der Waals surface area contributed by atoms with Crippen molar-refractivity contribution in [1.29, 1.82) is 0 Å². The van der Waals surface area contributed by atoms with Crippen LogP contribution in [0, 0.1) is 0 Å². The number of hydrogen-bond acceptors (Lipinski definition) is 3. The van der Waals surface area contributed by atoms with E-state index < -0.39 is 6.10 Å². The van der Waals surface area contributed by atoms with Crippen LogP contribution in [0.5, 0.6) is 0 Å². The molecule has 0 saturated heterocycles. The third-order valence-electron chi connectivity index (χ3n) is 2.46. The van der Waals surface area contributed by atoms with Crippen molar-refractivity contribution in [3.8, 4) is 0 Å². The van der Waals surface area contributed by atoms with E-state index in [1.54, 1.807) is 0 Å². The molecule has 0 aromatic rings. The van der Waals surface area contributed by atoms with Gasteiger partial charge in [-0.15, -0.1) is 0 Å². The molecule has 1 saturated carbocycles. The molecule has 3 heteroatoms. The summed E-state index contributed by atoms with van der Waals surface area (Å²) in [6.45, 7) is 0.390. The van der Waals surface area contributed by atoms with E-state index in [0.29, 0.717) is 12.6 Å². The average Bonchev–Trinajstić information content (AvgIpc) is 2.16. The normalized spacial score (nSPS) is 22.5. The summed E-state index contributed by atoms with van der Waals surface area (Å²) in [5, 5.41) is 20.9. The van der Waals surface area contributed by atoms with E-state index in [2.05, 4.69) is 5.32 Å². The lowest BCUT2D eigenvalue weighted by Gasteiger charge is -2.23. The summed E-state index contributed by atoms with van der Waals surface area (Å²) in [5.41, 5.74) is 0. The van der Waals surface area contributed by atoms with Crippen molar-refractivity contribution in [3.05, 3.63) is 0 Å². The Morgan fingerprint density at radius 1 is 1.25 bits per heavy atom. The van der Waals surface area contributed by atoms with Gasteiger partial charge >= 0.3 is 0 Å². The maximum atomic E-state index is 9.08. The molecule has 3 N–H and O–H groups in total. The molecule has 0 radical (unpaired) electrons. The fraction of sp³-hybridized carbons (Fsp3) is 1.00. The molecule has 12 heavy (non-hydrogen) atoms. The van der Waals surface area contributed by atoms with Gasteiger partial charge in [0, 0.05) is 12.6 Å². The first-order valence-electron chi connectivity index (χ1n) is 4.85. The van der Waals surface area contributed by atoms with Gasteiger partial charge in [-0.25, -0.2) is 0 Å². The first-order chi connectivity index (χ1) is 5.83. The molecule has 1 atom stereocenters. The summed E-state index contributed by atoms with van der Waals surface area (Å²) in [5.74, 6) is 0. The second-order valence-electron chi connectivity index (χ2n) is 3.58. The van der Waals surface area contributed by atoms with Crippen LogP contribution in [0.1, 0.15) is 32.1 Å². The Bertz CT molecular complexity index is 113. The van der Waals surface area contributed by atoms with Crippen LogP contribution in [-0.4, -0.2) is 35.5 Å². The lowest BCUT2D eigenvalue weighted by atomic mass is 9.95. The van der Waals surface area contributed by atoms with Crippen LogP contribution < -0.4 is 5.32 Å². The Hall–Kier alpha value is -0.120. The van der Waals surface area contributed by atoms with Crippen molar-refractivity contribution in [2.75, 3.05) is 13.2 Å². The highest BCUT2D eigenvalue weighted by Crippen LogP contribution is 2.16. The molecular weight excluding hydrogens is 154 g/mol. The van der Waals surface area contributed by atoms with Gasteiger partial charge in [-0.2, -0.15) is 0 Å². The monoisotopic (exact) mass is 173 g/mol. The predicted octanol–water partition coefficient (Wildman–Crippen LogP) is 0.262. The van der Waals surface area contributed by atoms with E-state index in [0.717, 1.165) is 0 Å². The summed E-state index contributed by atoms with van der Waals surface area (Å²) in [4.78, 5) is 0. The van der Waals surface area contributed by atoms with E-state index in [9.17, 15) is 0 Å². The topological polar surface area (TPSA) is 52.5 Å². The highest BCUT2D eigenvalue weighted by Gasteiger charge is 2.13. The Kier molecular flexibility index (Phi) is 4.58. The molecule has 1 aliphatic rings. The molecule has 3 nitrogen and oxygen atoms in total. The first kappa shape index (κ1) is 9.96. The summed E-state index contributed by atoms with van der Waals surface area (Å²) < 4.78 is 0. The standard InChI is InChI=1S/C9H19NO2/c11-7-9(12)6-10-8-4-2-1-3-5-8/h8-12H,1-7H2/t9-/m0/s1. The van der Waals surface area contributed by atoms with Crippen molar-refractivity contribution in [2.45, 2.75) is 44.2 Å². The fourth-order valence-electron chi connectivity index (χ4n) is 1.67. The summed E-state index contributed by atoms with van der Waals surface area (Å²) in [6.07, 6.45) is 5.79. The van der Waals surface area contributed by atoms with Crippen molar-refractivity contribution < 1.29 is 10.2 Å². The van der Waals surface area contributed by atoms with Crippen molar-refractivity contribution >= 4 is 0 Å². The van der Waals surface area contributed by atoms with Crippen LogP contribution in [-0.2, 0) is 0 Å². The van der Waals surface area contributed by atoms with Crippen LogP contribution in [0.15, 0.2) is 0 Å². The summed E-state index contributed by atoms with van der Waals surface area (Å²) in [7, 11) is 0. The number of nitrogens with one attached hydrogen (secondary N) is 1. The maximum Gasteiger partial charge on any atom is 0.0895 e. The number of aliphatic hydroxyl groups is 2. The SMILES string of the molecule is OC[C@@H](O)CNC1CCCCC1. The molecule has 0 amide bonds. The number of rotatable bonds is 4. The van der Waals surface area contributed by atoms with E-state index in [1.165, 1.54) is 32.1 Å². The Morgan fingerprint density at radius 2 is 1.92 bits per heavy atom. The van der Waals surface area contributed by atoms with E-state index in [1.807, 2.05) is 0 Å². The quantitative estimate of drug-likeness (QED) is 0.571. The zero-order chi connectivity index (χ0) is 8.81. The number of aliphatic hydroxyl groups excluding tert-OH is 2. The minimum atomic E-state index is -0.591. The van der Waals surface area contributed by atoms with Gasteiger partial charge in [0.15, 0.2) is 0 Å². The smallest absolute Gasteiger partial charge is 0.0895 e. The largest absolute Gasteiger partial charge is 0.394 e. The van der Waals surface area contributed by atoms with Gasteiger partial charge < -0.3 is 15.5 Å². The van der Waals surface area contributed by atoms with Crippen molar-refractivity contribution in [3.63, 3.8) is 0 Å². The van der Waals surface area contributed by atoms with Crippen LogP contribution in [0.2, 0.25) is 0 Å². The third kappa shape index (κ3) is 3.52. The molecule has 1 aliphatic carbocycles. The molecule has 0 heterocycles. The van der Waals surface area contributed by atoms with Crippen LogP contribution in [0.25, 0.3) is 0 Å². The Morgan fingerprint density at radius 3 is 2.50 bits per heavy atom. The molecule has 1 rings (SSSR count). The molecule has 0 aliphatic heterocycles. The fourth-order valence-corrected chi connectivity index (χ4v) is 1.67. The molecule has 72 valence electrons. The van der Waals surface area contributed by atoms with Gasteiger partial charge in [0.1, 0.15) is 0 Å². The van der Waals surface area contributed by atoms with Crippen molar-refractivity contribution in [1.82, 2.24) is 5.32 Å². The Balaban J connectivity index is 2.05. The van der Waals surface area contributed by atoms with Gasteiger partial charge in [-0.3, -0.25) is 0 Å². The van der Waals surface area contributed by atoms with Gasteiger partial charge in [-0.05, 0) is 12.8 Å². The van der Waals surface area contributed by atoms with Gasteiger partial charge in [0.2, 0.25) is 0 Å². The maximum absolute atomic E-state index is 9.08. The van der Waals surface area contributed by atoms with Crippen LogP contribution in [0.3, 0.4) is 0 Å². The molecule has 0 unspecified atom stereocenters. The lowest BCUT2D eigenvalue weighted by molar-refractivity contribution is 0.0904. The molecule has 0 aromatic carbocycles. The third-order valence-corrected chi connectivity index (χ3v) is 2.46. The predicted molar refractivity (Wildman–Crippen MR) is 48.0 cm³/mol. The van der Waals surface area contributed by atoms with E-state index >= 15 is 0 Å². The van der Waals surface area contributed by atoms with E-state index in [4.69, 9.17) is 10.2 Å². The molecular formula is C9H19NO2. The van der Waals surface area contributed by atoms with Crippen molar-refractivity contribution in [2.24, 2.45) is 0 Å². The second-order valence-corrected chi connectivity index (χ2v) is 3.58. The zero-order valence-electron chi connectivity index (χ0n) is 7.50. The molecule has 1 fully saturated rings. The molecule has 0 spiro atoms. The van der Waals surface area contributed by atoms with E-state index in [-0.39, 0.29) is 6.61 Å². The lowest BCUT2D eigenvalue weighted by Crippen LogP contribution is -2.38. The second kappa shape index (κ2) is 5.51. The van der Waals surface area contributed by atoms with Crippen LogP contribution in [0.4, 0.5) is 0 Å². The van der Waals surface area contributed by atoms with Gasteiger partial charge in [-0.1, -0.05) is 19.3 Å². The minimum Gasteiger partial charge on any atom is -0.394 e. The summed E-state index contributed by atoms with van der Waals surface area (Å²) >= 11 is 0. The molecule has 0 aromatic heterocycles. The molecule has 0 bridgehead atoms. The minimum absolute atomic E-state index is 0.139. The average molecular weight is 173 g/mol. The summed E-state index contributed by atoms with van der Waals surface area (Å²) in [6, 6.07) is 0.569. The highest BCUT2D eigenvalue weighted by atomic mass is 16.3. The van der Waals surface area contributed by atoms with Crippen LogP contribution >= 0.6 is 0 Å².